The van der Waals surface area contributed by atoms with Gasteiger partial charge in [-0.1, -0.05) is 0 Å². The van der Waals surface area contributed by atoms with Crippen molar-refractivity contribution in [2.24, 2.45) is 5.92 Å². The molecule has 1 unspecified atom stereocenters. The number of thioether (sulfide) groups is 1. The molecule has 2 aliphatic rings. The summed E-state index contributed by atoms with van der Waals surface area (Å²) < 4.78 is 5.41. The van der Waals surface area contributed by atoms with Crippen LogP contribution in [0.5, 0.6) is 0 Å². The Labute approximate surface area is 64.9 Å². The van der Waals surface area contributed by atoms with Crippen molar-refractivity contribution in [3.8, 4) is 0 Å². The Bertz CT molecular complexity index is 127. The molecule has 10 heavy (non-hydrogen) atoms. The molecule has 0 saturated carbocycles. The lowest BCUT2D eigenvalue weighted by atomic mass is 9.99. The van der Waals surface area contributed by atoms with E-state index in [4.69, 9.17) is 4.74 Å². The van der Waals surface area contributed by atoms with Gasteiger partial charge in [0.15, 0.2) is 0 Å². The lowest BCUT2D eigenvalue weighted by molar-refractivity contribution is 0.0843. The number of ether oxygens (including phenoxy) is 1. The fourth-order valence-corrected chi connectivity index (χ4v) is 2.93. The van der Waals surface area contributed by atoms with Gasteiger partial charge in [0.1, 0.15) is 0 Å². The summed E-state index contributed by atoms with van der Waals surface area (Å²) in [6, 6.07) is 0. The summed E-state index contributed by atoms with van der Waals surface area (Å²) in [5, 5.41) is 9.39. The maximum absolute atomic E-state index is 9.39. The number of hydrogen-bond acceptors (Lipinski definition) is 3. The molecule has 0 aromatic carbocycles. The van der Waals surface area contributed by atoms with Crippen molar-refractivity contribution >= 4 is 11.8 Å². The molecular weight excluding hydrogens is 148 g/mol. The van der Waals surface area contributed by atoms with E-state index in [2.05, 4.69) is 0 Å². The summed E-state index contributed by atoms with van der Waals surface area (Å²) in [5.74, 6) is 2.72. The molecule has 2 nitrogen and oxygen atoms in total. The summed E-state index contributed by atoms with van der Waals surface area (Å²) >= 11 is 1.94. The molecule has 2 heterocycles. The fraction of sp³-hybridized carbons (Fsp3) is 1.00. The molecular formula is C7H12O2S. The van der Waals surface area contributed by atoms with Gasteiger partial charge < -0.3 is 9.84 Å². The van der Waals surface area contributed by atoms with Gasteiger partial charge >= 0.3 is 0 Å². The molecule has 0 spiro atoms. The number of aliphatic hydroxyl groups excluding tert-OH is 1. The maximum Gasteiger partial charge on any atom is 0.0834 e. The smallest absolute Gasteiger partial charge is 0.0834 e. The van der Waals surface area contributed by atoms with Gasteiger partial charge in [-0.15, -0.1) is 0 Å². The summed E-state index contributed by atoms with van der Waals surface area (Å²) in [4.78, 5) is 0. The first-order valence-corrected chi connectivity index (χ1v) is 4.91. The van der Waals surface area contributed by atoms with Gasteiger partial charge in [-0.05, 0) is 12.2 Å². The van der Waals surface area contributed by atoms with Crippen molar-refractivity contribution in [1.29, 1.82) is 0 Å². The highest BCUT2D eigenvalue weighted by molar-refractivity contribution is 7.99. The van der Waals surface area contributed by atoms with Crippen LogP contribution in [-0.4, -0.2) is 35.4 Å². The molecule has 2 rings (SSSR count). The minimum Gasteiger partial charge on any atom is -0.390 e. The molecule has 1 N–H and O–H groups in total. The molecule has 0 bridgehead atoms. The number of aliphatic hydroxyl groups is 1. The van der Waals surface area contributed by atoms with E-state index in [1.807, 2.05) is 11.8 Å². The van der Waals surface area contributed by atoms with Gasteiger partial charge in [-0.25, -0.2) is 0 Å². The third-order valence-corrected chi connectivity index (χ3v) is 3.45. The molecule has 0 radical (unpaired) electrons. The lowest BCUT2D eigenvalue weighted by Gasteiger charge is -2.24. The average Bonchev–Trinajstić information content (AvgIpc) is 2.34. The van der Waals surface area contributed by atoms with Crippen LogP contribution in [0.4, 0.5) is 0 Å². The molecule has 58 valence electrons. The van der Waals surface area contributed by atoms with Crippen molar-refractivity contribution in [1.82, 2.24) is 0 Å². The van der Waals surface area contributed by atoms with Gasteiger partial charge in [0.25, 0.3) is 0 Å². The highest BCUT2D eigenvalue weighted by Crippen LogP contribution is 2.32. The Morgan fingerprint density at radius 2 is 2.40 bits per heavy atom. The topological polar surface area (TPSA) is 29.5 Å². The van der Waals surface area contributed by atoms with Crippen LogP contribution in [0.1, 0.15) is 6.42 Å². The molecule has 0 aromatic heterocycles. The predicted molar refractivity (Wildman–Crippen MR) is 41.2 cm³/mol. The van der Waals surface area contributed by atoms with Crippen molar-refractivity contribution in [3.63, 3.8) is 0 Å². The molecule has 2 fully saturated rings. The monoisotopic (exact) mass is 160 g/mol. The third kappa shape index (κ3) is 1.06. The van der Waals surface area contributed by atoms with Crippen molar-refractivity contribution < 1.29 is 9.84 Å². The van der Waals surface area contributed by atoms with Gasteiger partial charge in [-0.3, -0.25) is 0 Å². The van der Waals surface area contributed by atoms with Crippen LogP contribution in [0.2, 0.25) is 0 Å². The van der Waals surface area contributed by atoms with E-state index in [-0.39, 0.29) is 6.10 Å². The Kier molecular flexibility index (Phi) is 1.89. The van der Waals surface area contributed by atoms with Crippen molar-refractivity contribution in [3.05, 3.63) is 0 Å². The van der Waals surface area contributed by atoms with Gasteiger partial charge in [0.2, 0.25) is 0 Å². The van der Waals surface area contributed by atoms with Crippen LogP contribution in [0.15, 0.2) is 0 Å². The zero-order chi connectivity index (χ0) is 6.97. The molecule has 3 heteroatoms. The Balaban J connectivity index is 2.01. The standard InChI is InChI=1S/C7H12O2S/c8-6-3-9-7-1-2-10-4-5(6)7/h5-8H,1-4H2/t5?,6-,7+/m1/s1. The first-order valence-electron chi connectivity index (χ1n) is 3.75. The number of rotatable bonds is 0. The van der Waals surface area contributed by atoms with E-state index in [1.165, 1.54) is 5.75 Å². The van der Waals surface area contributed by atoms with Crippen molar-refractivity contribution in [2.75, 3.05) is 18.1 Å². The quantitative estimate of drug-likeness (QED) is 0.559. The molecule has 2 aliphatic heterocycles. The average molecular weight is 160 g/mol. The summed E-state index contributed by atoms with van der Waals surface area (Å²) in [7, 11) is 0. The Morgan fingerprint density at radius 3 is 3.20 bits per heavy atom. The van der Waals surface area contributed by atoms with Crippen LogP contribution >= 0.6 is 11.8 Å². The maximum atomic E-state index is 9.39. The van der Waals surface area contributed by atoms with E-state index in [0.717, 1.165) is 12.2 Å². The van der Waals surface area contributed by atoms with E-state index in [1.54, 1.807) is 0 Å². The van der Waals surface area contributed by atoms with Crippen LogP contribution in [0, 0.1) is 5.92 Å². The minimum atomic E-state index is -0.183. The van der Waals surface area contributed by atoms with E-state index >= 15 is 0 Å². The highest BCUT2D eigenvalue weighted by Gasteiger charge is 2.37. The van der Waals surface area contributed by atoms with Gasteiger partial charge in [0.05, 0.1) is 18.8 Å². The fourth-order valence-electron chi connectivity index (χ4n) is 1.65. The van der Waals surface area contributed by atoms with Crippen LogP contribution in [-0.2, 0) is 4.74 Å². The van der Waals surface area contributed by atoms with Gasteiger partial charge in [0, 0.05) is 11.7 Å². The lowest BCUT2D eigenvalue weighted by Crippen LogP contribution is -2.30. The summed E-state index contributed by atoms with van der Waals surface area (Å²) in [6.07, 6.45) is 1.32. The normalized spacial score (nSPS) is 47.1. The molecule has 3 atom stereocenters. The second-order valence-corrected chi connectivity index (χ2v) is 4.12. The van der Waals surface area contributed by atoms with Crippen molar-refractivity contribution in [2.45, 2.75) is 18.6 Å². The largest absolute Gasteiger partial charge is 0.390 e. The zero-order valence-corrected chi connectivity index (χ0v) is 6.64. The van der Waals surface area contributed by atoms with Crippen LogP contribution in [0.25, 0.3) is 0 Å². The molecule has 2 saturated heterocycles. The number of hydrogen-bond donors (Lipinski definition) is 1. The zero-order valence-electron chi connectivity index (χ0n) is 5.82. The Hall–Kier alpha value is 0.270. The van der Waals surface area contributed by atoms with E-state index < -0.39 is 0 Å². The highest BCUT2D eigenvalue weighted by atomic mass is 32.2. The van der Waals surface area contributed by atoms with E-state index in [0.29, 0.717) is 18.6 Å². The molecule has 0 aromatic rings. The van der Waals surface area contributed by atoms with Crippen LogP contribution < -0.4 is 0 Å². The van der Waals surface area contributed by atoms with Crippen LogP contribution in [0.3, 0.4) is 0 Å². The Morgan fingerprint density at radius 1 is 1.50 bits per heavy atom. The second-order valence-electron chi connectivity index (χ2n) is 2.97. The minimum absolute atomic E-state index is 0.183. The SMILES string of the molecule is O[C@@H]1CO[C@H]2CCSCC12. The molecule has 0 amide bonds. The predicted octanol–water partition coefficient (Wildman–Crippen LogP) is 0.499. The van der Waals surface area contributed by atoms with Gasteiger partial charge in [-0.2, -0.15) is 11.8 Å². The number of fused-ring (bicyclic) bond motifs is 1. The first kappa shape index (κ1) is 6.95. The first-order chi connectivity index (χ1) is 4.88. The summed E-state index contributed by atoms with van der Waals surface area (Å²) in [5.41, 5.74) is 0. The summed E-state index contributed by atoms with van der Waals surface area (Å²) in [6.45, 7) is 0.565. The third-order valence-electron chi connectivity index (χ3n) is 2.31. The van der Waals surface area contributed by atoms with E-state index in [9.17, 15) is 5.11 Å². The molecule has 0 aliphatic carbocycles. The second kappa shape index (κ2) is 2.72.